The SMILES string of the molecule is CCCCC(C(=O)O)[N+]1=C(/C=C/C=C/C=C2\N(C(CCC)C3COCO3)c3ccc(S(=O)(=O)O)cc3C2(C)C(CCCC)C(=O)O)C(C)(C(CCCC)C(=O)O)c2cc(S(=O)(=O)O)ccc21. The average Bonchev–Trinajstić information content (AvgIpc) is 3.93. The molecule has 3 aliphatic rings. The first-order valence-electron chi connectivity index (χ1n) is 22.8. The summed E-state index contributed by atoms with van der Waals surface area (Å²) in [5.41, 5.74) is -0.575. The van der Waals surface area contributed by atoms with Crippen LogP contribution in [0.4, 0.5) is 11.4 Å². The van der Waals surface area contributed by atoms with Crippen LogP contribution < -0.4 is 4.90 Å². The van der Waals surface area contributed by atoms with Gasteiger partial charge in [0.25, 0.3) is 26.3 Å². The number of ether oxygens (including phenoxy) is 2. The minimum atomic E-state index is -4.76. The lowest BCUT2D eigenvalue weighted by Gasteiger charge is -2.39. The average molecular weight is 958 g/mol. The highest BCUT2D eigenvalue weighted by molar-refractivity contribution is 7.86. The Morgan fingerprint density at radius 2 is 1.30 bits per heavy atom. The number of carbonyl (C=O) groups is 3. The van der Waals surface area contributed by atoms with Gasteiger partial charge in [-0.1, -0.05) is 84.4 Å². The first-order valence-corrected chi connectivity index (χ1v) is 25.6. The first kappa shape index (κ1) is 52.3. The summed E-state index contributed by atoms with van der Waals surface area (Å²) >= 11 is 0. The Hall–Kier alpha value is -4.72. The third kappa shape index (κ3) is 10.4. The zero-order valence-corrected chi connectivity index (χ0v) is 40.2. The lowest BCUT2D eigenvalue weighted by atomic mass is 9.67. The Bertz CT molecular complexity index is 2490. The molecule has 1 saturated heterocycles. The molecule has 0 aliphatic carbocycles. The Morgan fingerprint density at radius 1 is 0.742 bits per heavy atom. The maximum atomic E-state index is 13.4. The van der Waals surface area contributed by atoms with Crippen LogP contribution in [0.1, 0.15) is 123 Å². The van der Waals surface area contributed by atoms with E-state index in [0.717, 1.165) is 0 Å². The predicted molar refractivity (Wildman–Crippen MR) is 248 cm³/mol. The Kier molecular flexibility index (Phi) is 17.0. The van der Waals surface area contributed by atoms with Gasteiger partial charge in [-0.3, -0.25) is 18.7 Å². The van der Waals surface area contributed by atoms with Crippen molar-refractivity contribution in [2.45, 2.75) is 151 Å². The number of allylic oxidation sites excluding steroid dienone is 6. The standard InChI is InChI=1S/C48H64N2O14S2/c1-7-11-18-33(44(51)52)47(5)35-27-31(65(57,58)59)23-25-37(35)49(39(17-10-4)41-29-63-30-64-41)42(47)21-15-14-16-22-43-48(6,34(45(53)54)19-12-8-2)36-28-32(66(60,61)62)24-26-38(36)50(43)40(46(55)56)20-13-9-3/h14-16,21-28,33-34,39-41H,7-13,17-20,29-30H2,1-6H3,(H4-,51,52,53,54,55,56,57,58,59,60,61,62)/p+1. The number of benzene rings is 2. The Labute approximate surface area is 388 Å². The molecule has 3 aliphatic heterocycles. The van der Waals surface area contributed by atoms with Crippen LogP contribution in [-0.4, -0.2) is 101 Å². The van der Waals surface area contributed by atoms with Gasteiger partial charge in [-0.15, -0.1) is 0 Å². The molecule has 0 spiro atoms. The van der Waals surface area contributed by atoms with Gasteiger partial charge in [-0.05, 0) is 81.5 Å². The summed E-state index contributed by atoms with van der Waals surface area (Å²) in [6.07, 6.45) is 13.3. The molecule has 66 heavy (non-hydrogen) atoms. The van der Waals surface area contributed by atoms with E-state index in [1.54, 1.807) is 54.9 Å². The number of hydrogen-bond donors (Lipinski definition) is 5. The van der Waals surface area contributed by atoms with E-state index in [4.69, 9.17) is 9.47 Å². The molecule has 3 heterocycles. The molecule has 0 radical (unpaired) electrons. The van der Waals surface area contributed by atoms with Crippen LogP contribution in [0.15, 0.2) is 82.3 Å². The van der Waals surface area contributed by atoms with Gasteiger partial charge in [0.05, 0.1) is 39.7 Å². The minimum Gasteiger partial charge on any atom is -0.481 e. The van der Waals surface area contributed by atoms with Crippen molar-refractivity contribution in [3.63, 3.8) is 0 Å². The number of hydrogen-bond acceptors (Lipinski definition) is 10. The summed E-state index contributed by atoms with van der Waals surface area (Å²) in [4.78, 5) is 41.0. The van der Waals surface area contributed by atoms with Crippen molar-refractivity contribution in [3.05, 3.63) is 83.6 Å². The predicted octanol–water partition coefficient (Wildman–Crippen LogP) is 8.28. The zero-order valence-electron chi connectivity index (χ0n) is 38.6. The van der Waals surface area contributed by atoms with Crippen molar-refractivity contribution in [1.82, 2.24) is 0 Å². The van der Waals surface area contributed by atoms with Gasteiger partial charge in [0.15, 0.2) is 5.71 Å². The van der Waals surface area contributed by atoms with Crippen molar-refractivity contribution in [3.8, 4) is 0 Å². The molecule has 362 valence electrons. The van der Waals surface area contributed by atoms with Crippen molar-refractivity contribution < 1.29 is 69.7 Å². The third-order valence-corrected chi connectivity index (χ3v) is 15.3. The third-order valence-electron chi connectivity index (χ3n) is 13.6. The van der Waals surface area contributed by atoms with Crippen molar-refractivity contribution >= 4 is 55.2 Å². The molecule has 2 aromatic carbocycles. The van der Waals surface area contributed by atoms with Gasteiger partial charge in [0.2, 0.25) is 5.69 Å². The second-order valence-corrected chi connectivity index (χ2v) is 20.6. The van der Waals surface area contributed by atoms with Crippen molar-refractivity contribution in [1.29, 1.82) is 0 Å². The molecule has 0 bridgehead atoms. The van der Waals surface area contributed by atoms with Gasteiger partial charge in [-0.2, -0.15) is 21.4 Å². The number of unbranched alkanes of at least 4 members (excludes halogenated alkanes) is 3. The van der Waals surface area contributed by atoms with E-state index in [-0.39, 0.29) is 43.1 Å². The number of nitrogens with zero attached hydrogens (tertiary/aromatic N) is 2. The normalized spacial score (nSPS) is 23.4. The molecule has 0 saturated carbocycles. The highest BCUT2D eigenvalue weighted by atomic mass is 32.2. The number of carboxylic acid groups (broad SMARTS) is 3. The van der Waals surface area contributed by atoms with E-state index >= 15 is 0 Å². The van der Waals surface area contributed by atoms with Crippen molar-refractivity contribution in [2.24, 2.45) is 11.8 Å². The molecule has 0 aromatic heterocycles. The molecule has 2 aromatic rings. The molecule has 0 amide bonds. The quantitative estimate of drug-likeness (QED) is 0.0378. The Morgan fingerprint density at radius 3 is 1.82 bits per heavy atom. The monoisotopic (exact) mass is 957 g/mol. The summed E-state index contributed by atoms with van der Waals surface area (Å²) < 4.78 is 83.8. The molecular formula is C48H65N2O14S2+. The second kappa shape index (κ2) is 21.5. The van der Waals surface area contributed by atoms with E-state index in [0.29, 0.717) is 79.7 Å². The summed E-state index contributed by atoms with van der Waals surface area (Å²) in [5.74, 6) is -5.65. The highest BCUT2D eigenvalue weighted by Crippen LogP contribution is 2.56. The van der Waals surface area contributed by atoms with Crippen LogP contribution in [-0.2, 0) is 54.9 Å². The molecule has 1 fully saturated rings. The fourth-order valence-corrected chi connectivity index (χ4v) is 11.2. The number of fused-ring (bicyclic) bond motifs is 2. The van der Waals surface area contributed by atoms with Gasteiger partial charge in [0, 0.05) is 40.9 Å². The minimum absolute atomic E-state index is 0.0562. The van der Waals surface area contributed by atoms with Gasteiger partial charge in [0.1, 0.15) is 12.9 Å². The van der Waals surface area contributed by atoms with E-state index in [1.165, 1.54) is 30.3 Å². The number of anilines is 1. The summed E-state index contributed by atoms with van der Waals surface area (Å²) in [6, 6.07) is 6.42. The highest BCUT2D eigenvalue weighted by Gasteiger charge is 2.58. The molecular weight excluding hydrogens is 893 g/mol. The Balaban J connectivity index is 1.79. The zero-order chi connectivity index (χ0) is 48.8. The molecule has 7 atom stereocenters. The summed E-state index contributed by atoms with van der Waals surface area (Å²) in [6.45, 7) is 11.5. The fraction of sp³-hybridized carbons (Fsp3) is 0.542. The lowest BCUT2D eigenvalue weighted by molar-refractivity contribution is -0.471. The molecule has 16 nitrogen and oxygen atoms in total. The van der Waals surface area contributed by atoms with Crippen LogP contribution in [0, 0.1) is 11.8 Å². The molecule has 5 rings (SSSR count). The van der Waals surface area contributed by atoms with Gasteiger partial charge >= 0.3 is 17.9 Å². The largest absolute Gasteiger partial charge is 0.481 e. The van der Waals surface area contributed by atoms with E-state index < -0.39 is 83.9 Å². The number of rotatable bonds is 24. The smallest absolute Gasteiger partial charge is 0.373 e. The molecule has 18 heteroatoms. The van der Waals surface area contributed by atoms with E-state index in [9.17, 15) is 55.6 Å². The molecule has 7 unspecified atom stereocenters. The lowest BCUT2D eigenvalue weighted by Crippen LogP contribution is -2.47. The van der Waals surface area contributed by atoms with Crippen LogP contribution in [0.25, 0.3) is 0 Å². The topological polar surface area (TPSA) is 245 Å². The van der Waals surface area contributed by atoms with Crippen molar-refractivity contribution in [2.75, 3.05) is 18.3 Å². The van der Waals surface area contributed by atoms with Gasteiger partial charge < -0.3 is 29.7 Å². The van der Waals surface area contributed by atoms with Crippen LogP contribution in [0.3, 0.4) is 0 Å². The molecule has 5 N–H and O–H groups in total. The summed E-state index contributed by atoms with van der Waals surface area (Å²) in [7, 11) is -9.46. The fourth-order valence-electron chi connectivity index (χ4n) is 10.2. The summed E-state index contributed by atoms with van der Waals surface area (Å²) in [5, 5.41) is 32.5. The van der Waals surface area contributed by atoms with Gasteiger partial charge in [-0.25, -0.2) is 4.79 Å². The first-order chi connectivity index (χ1) is 31.1. The second-order valence-electron chi connectivity index (χ2n) is 17.7. The van der Waals surface area contributed by atoms with Crippen LogP contribution in [0.5, 0.6) is 0 Å². The van der Waals surface area contributed by atoms with E-state index in [2.05, 4.69) is 0 Å². The number of carboxylic acids is 3. The maximum Gasteiger partial charge on any atom is 0.373 e. The van der Waals surface area contributed by atoms with Crippen LogP contribution in [0.2, 0.25) is 0 Å². The van der Waals surface area contributed by atoms with E-state index in [1.807, 2.05) is 32.6 Å². The number of aliphatic carboxylic acids is 3. The maximum absolute atomic E-state index is 13.4. The van der Waals surface area contributed by atoms with Crippen LogP contribution >= 0.6 is 0 Å².